The second-order valence-electron chi connectivity index (χ2n) is 11.2. The molecule has 0 bridgehead atoms. The molecule has 40 heavy (non-hydrogen) atoms. The summed E-state index contributed by atoms with van der Waals surface area (Å²) in [5.74, 6) is -0.0385. The molecule has 1 saturated carbocycles. The molecule has 1 aromatic carbocycles. The number of pyridine rings is 1. The van der Waals surface area contributed by atoms with Crippen LogP contribution in [0.5, 0.6) is 0 Å². The van der Waals surface area contributed by atoms with Gasteiger partial charge in [-0.15, -0.1) is 0 Å². The number of aromatic nitrogens is 1. The van der Waals surface area contributed by atoms with E-state index < -0.39 is 0 Å². The lowest BCUT2D eigenvalue weighted by Gasteiger charge is -2.42. The molecule has 1 aliphatic heterocycles. The lowest BCUT2D eigenvalue weighted by atomic mass is 9.88. The highest BCUT2D eigenvalue weighted by molar-refractivity contribution is 6.34. The molecule has 2 N–H and O–H groups in total. The van der Waals surface area contributed by atoms with Gasteiger partial charge in [-0.1, -0.05) is 42.5 Å². The van der Waals surface area contributed by atoms with Gasteiger partial charge in [0.15, 0.2) is 0 Å². The van der Waals surface area contributed by atoms with Gasteiger partial charge in [0.1, 0.15) is 16.1 Å². The van der Waals surface area contributed by atoms with E-state index in [-0.39, 0.29) is 40.1 Å². The number of nitrogens with zero attached hydrogens (tertiary/aromatic N) is 3. The van der Waals surface area contributed by atoms with E-state index >= 15 is 0 Å². The zero-order chi connectivity index (χ0) is 28.6. The van der Waals surface area contributed by atoms with Crippen molar-refractivity contribution in [2.75, 3.05) is 31.5 Å². The fourth-order valence-electron chi connectivity index (χ4n) is 5.95. The molecule has 2 fully saturated rings. The van der Waals surface area contributed by atoms with Crippen LogP contribution in [0.4, 0.5) is 14.9 Å². The van der Waals surface area contributed by atoms with Gasteiger partial charge in [-0.3, -0.25) is 4.79 Å². The van der Waals surface area contributed by atoms with Gasteiger partial charge in [0.05, 0.1) is 5.56 Å². The molecular weight excluding hydrogens is 552 g/mol. The van der Waals surface area contributed by atoms with E-state index in [2.05, 4.69) is 27.4 Å². The van der Waals surface area contributed by atoms with E-state index in [1.165, 1.54) is 44.2 Å². The summed E-state index contributed by atoms with van der Waals surface area (Å²) in [5, 5.41) is 6.34. The second kappa shape index (κ2) is 14.5. The van der Waals surface area contributed by atoms with Crippen LogP contribution in [0.25, 0.3) is 0 Å². The number of halogens is 3. The van der Waals surface area contributed by atoms with Crippen LogP contribution in [0.3, 0.4) is 0 Å². The Morgan fingerprint density at radius 3 is 2.42 bits per heavy atom. The SMILES string of the molecule is Cc1cc(Cl)nc(Cl)c1C(=O)NCC[C@@H](C)N1CCC(N(CC2CCCCC2)C(=O)Nc2ccc(F)cc2)CC1. The van der Waals surface area contributed by atoms with E-state index in [4.69, 9.17) is 23.2 Å². The highest BCUT2D eigenvalue weighted by atomic mass is 35.5. The predicted octanol–water partition coefficient (Wildman–Crippen LogP) is 6.92. The molecule has 2 aromatic rings. The molecule has 2 aliphatic rings. The van der Waals surface area contributed by atoms with Crippen molar-refractivity contribution in [3.63, 3.8) is 0 Å². The van der Waals surface area contributed by atoms with Gasteiger partial charge in [-0.25, -0.2) is 14.2 Å². The number of aryl methyl sites for hydroxylation is 1. The third kappa shape index (κ3) is 8.30. The van der Waals surface area contributed by atoms with Crippen molar-refractivity contribution < 1.29 is 14.0 Å². The van der Waals surface area contributed by atoms with Crippen molar-refractivity contribution in [2.24, 2.45) is 5.92 Å². The number of amides is 3. The number of benzene rings is 1. The van der Waals surface area contributed by atoms with Gasteiger partial charge in [-0.05, 0) is 87.8 Å². The molecule has 218 valence electrons. The first-order valence-corrected chi connectivity index (χ1v) is 15.1. The van der Waals surface area contributed by atoms with Crippen LogP contribution in [-0.4, -0.2) is 65.0 Å². The zero-order valence-corrected chi connectivity index (χ0v) is 24.9. The Kier molecular flexibility index (Phi) is 11.0. The molecule has 1 saturated heterocycles. The first-order chi connectivity index (χ1) is 19.2. The van der Waals surface area contributed by atoms with Gasteiger partial charge < -0.3 is 20.4 Å². The molecule has 4 rings (SSSR count). The van der Waals surface area contributed by atoms with Gasteiger partial charge in [0.2, 0.25) is 0 Å². The van der Waals surface area contributed by atoms with Crippen molar-refractivity contribution in [1.82, 2.24) is 20.1 Å². The Bertz CT molecular complexity index is 1130. The highest BCUT2D eigenvalue weighted by Gasteiger charge is 2.31. The number of rotatable bonds is 9. The van der Waals surface area contributed by atoms with Crippen molar-refractivity contribution in [3.8, 4) is 0 Å². The Labute approximate surface area is 246 Å². The number of carbonyl (C=O) groups is 2. The molecule has 7 nitrogen and oxygen atoms in total. The fraction of sp³-hybridized carbons (Fsp3) is 0.567. The van der Waals surface area contributed by atoms with Gasteiger partial charge >= 0.3 is 6.03 Å². The Morgan fingerprint density at radius 2 is 1.77 bits per heavy atom. The van der Waals surface area contributed by atoms with Gasteiger partial charge in [-0.2, -0.15) is 0 Å². The summed E-state index contributed by atoms with van der Waals surface area (Å²) in [4.78, 5) is 34.6. The number of likely N-dealkylation sites (tertiary alicyclic amines) is 1. The molecule has 0 unspecified atom stereocenters. The molecular formula is C30H40Cl2FN5O2. The molecule has 0 radical (unpaired) electrons. The van der Waals surface area contributed by atoms with E-state index in [0.717, 1.165) is 38.9 Å². The summed E-state index contributed by atoms with van der Waals surface area (Å²) < 4.78 is 13.4. The van der Waals surface area contributed by atoms with E-state index in [0.29, 0.717) is 29.3 Å². The Balaban J connectivity index is 1.29. The summed E-state index contributed by atoms with van der Waals surface area (Å²) >= 11 is 12.1. The quantitative estimate of drug-likeness (QED) is 0.310. The highest BCUT2D eigenvalue weighted by Crippen LogP contribution is 2.28. The summed E-state index contributed by atoms with van der Waals surface area (Å²) in [5.41, 5.74) is 1.66. The van der Waals surface area contributed by atoms with E-state index in [9.17, 15) is 14.0 Å². The summed E-state index contributed by atoms with van der Waals surface area (Å²) in [6.45, 7) is 7.02. The number of hydrogen-bond donors (Lipinski definition) is 2. The number of nitrogens with one attached hydrogen (secondary N) is 2. The number of piperidine rings is 1. The van der Waals surface area contributed by atoms with Crippen molar-refractivity contribution in [2.45, 2.75) is 77.3 Å². The van der Waals surface area contributed by atoms with Crippen molar-refractivity contribution in [1.29, 1.82) is 0 Å². The van der Waals surface area contributed by atoms with E-state index in [1.807, 2.05) is 4.90 Å². The zero-order valence-electron chi connectivity index (χ0n) is 23.4. The Hall–Kier alpha value is -2.42. The van der Waals surface area contributed by atoms with Crippen LogP contribution in [0.2, 0.25) is 10.3 Å². The maximum absolute atomic E-state index is 13.4. The van der Waals surface area contributed by atoms with Crippen molar-refractivity contribution in [3.05, 3.63) is 57.6 Å². The monoisotopic (exact) mass is 591 g/mol. The second-order valence-corrected chi connectivity index (χ2v) is 11.9. The first-order valence-electron chi connectivity index (χ1n) is 14.4. The summed E-state index contributed by atoms with van der Waals surface area (Å²) in [6, 6.07) is 7.91. The average Bonchev–Trinajstić information content (AvgIpc) is 2.93. The topological polar surface area (TPSA) is 77.6 Å². The van der Waals surface area contributed by atoms with Crippen LogP contribution in [0.1, 0.15) is 74.2 Å². The number of anilines is 1. The third-order valence-corrected chi connectivity index (χ3v) is 8.78. The minimum atomic E-state index is -0.320. The fourth-order valence-corrected chi connectivity index (χ4v) is 6.56. The summed E-state index contributed by atoms with van der Waals surface area (Å²) in [7, 11) is 0. The molecule has 2 heterocycles. The molecule has 0 spiro atoms. The molecule has 1 aromatic heterocycles. The lowest BCUT2D eigenvalue weighted by Crippen LogP contribution is -2.52. The normalized spacial score (nSPS) is 17.8. The maximum atomic E-state index is 13.4. The largest absolute Gasteiger partial charge is 0.352 e. The van der Waals surface area contributed by atoms with Crippen LogP contribution in [0.15, 0.2) is 30.3 Å². The predicted molar refractivity (Wildman–Crippen MR) is 159 cm³/mol. The standard InChI is InChI=1S/C30H40Cl2FN5O2/c1-20-18-26(31)36-28(32)27(20)29(39)34-15-12-21(2)37-16-13-25(14-17-37)38(19-22-6-4-3-5-7-22)30(40)35-24-10-8-23(33)9-11-24/h8-11,18,21-22,25H,3-7,12-17,19H2,1-2H3,(H,34,39)(H,35,40)/t21-/m1/s1. The van der Waals surface area contributed by atoms with Crippen LogP contribution in [-0.2, 0) is 0 Å². The molecule has 10 heteroatoms. The minimum absolute atomic E-state index is 0.1000. The first kappa shape index (κ1) is 30.5. The van der Waals surface area contributed by atoms with Gasteiger partial charge in [0.25, 0.3) is 5.91 Å². The van der Waals surface area contributed by atoms with Gasteiger partial charge in [0, 0.05) is 44.0 Å². The maximum Gasteiger partial charge on any atom is 0.322 e. The van der Waals surface area contributed by atoms with Crippen LogP contribution < -0.4 is 10.6 Å². The van der Waals surface area contributed by atoms with Crippen LogP contribution in [0, 0.1) is 18.7 Å². The smallest absolute Gasteiger partial charge is 0.322 e. The lowest BCUT2D eigenvalue weighted by molar-refractivity contribution is 0.0883. The number of hydrogen-bond acceptors (Lipinski definition) is 4. The van der Waals surface area contributed by atoms with Crippen LogP contribution >= 0.6 is 23.2 Å². The van der Waals surface area contributed by atoms with E-state index in [1.54, 1.807) is 25.1 Å². The Morgan fingerprint density at radius 1 is 1.10 bits per heavy atom. The third-order valence-electron chi connectivity index (χ3n) is 8.32. The number of carbonyl (C=O) groups excluding carboxylic acids is 2. The summed E-state index contributed by atoms with van der Waals surface area (Å²) in [6.07, 6.45) is 8.65. The number of urea groups is 1. The van der Waals surface area contributed by atoms with Crippen molar-refractivity contribution >= 4 is 40.8 Å². The minimum Gasteiger partial charge on any atom is -0.352 e. The molecule has 3 amide bonds. The molecule has 1 atom stereocenters. The average molecular weight is 593 g/mol. The molecule has 1 aliphatic carbocycles.